The van der Waals surface area contributed by atoms with Crippen molar-refractivity contribution in [2.45, 2.75) is 38.8 Å². The first-order valence-corrected chi connectivity index (χ1v) is 10.4. The van der Waals surface area contributed by atoms with Crippen LogP contribution in [-0.4, -0.2) is 29.3 Å². The monoisotopic (exact) mass is 457 g/mol. The number of benzene rings is 2. The van der Waals surface area contributed by atoms with Crippen LogP contribution in [0.5, 0.6) is 5.75 Å². The van der Waals surface area contributed by atoms with Gasteiger partial charge in [0.2, 0.25) is 0 Å². The molecule has 1 fully saturated rings. The van der Waals surface area contributed by atoms with Gasteiger partial charge in [0, 0.05) is 23.1 Å². The highest BCUT2D eigenvalue weighted by atomic mass is 19.3. The maximum atomic E-state index is 14.8. The molecule has 0 bridgehead atoms. The van der Waals surface area contributed by atoms with Crippen molar-refractivity contribution in [3.05, 3.63) is 52.6 Å². The minimum Gasteiger partial charge on any atom is -0.487 e. The van der Waals surface area contributed by atoms with Crippen molar-refractivity contribution < 1.29 is 22.6 Å². The summed E-state index contributed by atoms with van der Waals surface area (Å²) in [5.41, 5.74) is 5.81. The summed E-state index contributed by atoms with van der Waals surface area (Å²) in [5, 5.41) is 13.2. The molecule has 1 aliphatic heterocycles. The smallest absolute Gasteiger partial charge is 0.266 e. The minimum absolute atomic E-state index is 0.0112. The van der Waals surface area contributed by atoms with Crippen molar-refractivity contribution in [2.75, 3.05) is 24.3 Å². The lowest BCUT2D eigenvalue weighted by molar-refractivity contribution is 0.141. The molecule has 172 valence electrons. The van der Waals surface area contributed by atoms with E-state index in [0.717, 1.165) is 6.07 Å². The Kier molecular flexibility index (Phi) is 6.24. The summed E-state index contributed by atoms with van der Waals surface area (Å²) in [6.07, 6.45) is -2.47. The normalized spacial score (nSPS) is 16.7. The Balaban J connectivity index is 1.75. The van der Waals surface area contributed by atoms with Crippen molar-refractivity contribution in [3.8, 4) is 11.8 Å². The van der Waals surface area contributed by atoms with Crippen molar-refractivity contribution in [3.63, 3.8) is 0 Å². The first-order chi connectivity index (χ1) is 15.8. The fraction of sp³-hybridized carbons (Fsp3) is 0.348. The van der Waals surface area contributed by atoms with Gasteiger partial charge in [0.1, 0.15) is 35.4 Å². The van der Waals surface area contributed by atoms with Crippen LogP contribution in [0.4, 0.5) is 24.7 Å². The van der Waals surface area contributed by atoms with E-state index in [4.69, 9.17) is 15.2 Å². The van der Waals surface area contributed by atoms with Gasteiger partial charge in [-0.3, -0.25) is 0 Å². The Morgan fingerprint density at radius 2 is 2.00 bits per heavy atom. The number of nitrogen functional groups attached to an aromatic ring is 1. The third-order valence-corrected chi connectivity index (χ3v) is 5.42. The number of anilines is 2. The number of nitrogens with two attached hydrogens (primary N) is 1. The molecule has 1 aliphatic rings. The zero-order chi connectivity index (χ0) is 23.7. The van der Waals surface area contributed by atoms with Crippen molar-refractivity contribution >= 4 is 22.4 Å². The first kappa shape index (κ1) is 22.6. The molecular formula is C23H22F3N5O2. The maximum absolute atomic E-state index is 14.8. The number of halogens is 3. The Morgan fingerprint density at radius 3 is 2.67 bits per heavy atom. The van der Waals surface area contributed by atoms with E-state index in [9.17, 15) is 18.4 Å². The van der Waals surface area contributed by atoms with Gasteiger partial charge in [-0.05, 0) is 38.1 Å². The van der Waals surface area contributed by atoms with Gasteiger partial charge in [0.25, 0.3) is 6.43 Å². The van der Waals surface area contributed by atoms with Gasteiger partial charge in [-0.25, -0.2) is 23.1 Å². The largest absolute Gasteiger partial charge is 0.487 e. The molecule has 0 radical (unpaired) electrons. The van der Waals surface area contributed by atoms with Gasteiger partial charge in [-0.1, -0.05) is 0 Å². The molecule has 33 heavy (non-hydrogen) atoms. The molecule has 0 spiro atoms. The number of aromatic nitrogens is 2. The first-order valence-electron chi connectivity index (χ1n) is 10.4. The van der Waals surface area contributed by atoms with E-state index in [1.54, 1.807) is 26.0 Å². The molecule has 2 heterocycles. The second-order valence-electron chi connectivity index (χ2n) is 7.88. The lowest BCUT2D eigenvalue weighted by atomic mass is 10.0. The number of nitrogens with zero attached hydrogens (tertiary/aromatic N) is 3. The number of alkyl halides is 2. The molecule has 1 saturated heterocycles. The number of nitriles is 1. The molecule has 3 N–H and O–H groups in total. The summed E-state index contributed by atoms with van der Waals surface area (Å²) in [6, 6.07) is 6.87. The van der Waals surface area contributed by atoms with Crippen LogP contribution in [0.3, 0.4) is 0 Å². The lowest BCUT2D eigenvalue weighted by Gasteiger charge is -2.20. The average Bonchev–Trinajstić information content (AvgIpc) is 3.27. The summed E-state index contributed by atoms with van der Waals surface area (Å²) < 4.78 is 52.5. The number of hydrogen-bond acceptors (Lipinski definition) is 7. The molecule has 3 aromatic rings. The zero-order valence-corrected chi connectivity index (χ0v) is 18.0. The van der Waals surface area contributed by atoms with Gasteiger partial charge in [-0.2, -0.15) is 5.26 Å². The predicted octanol–water partition coefficient (Wildman–Crippen LogP) is 4.81. The van der Waals surface area contributed by atoms with E-state index >= 15 is 0 Å². The summed E-state index contributed by atoms with van der Waals surface area (Å²) in [7, 11) is 0. The van der Waals surface area contributed by atoms with Gasteiger partial charge in [0.15, 0.2) is 0 Å². The molecule has 0 amide bonds. The number of rotatable bonds is 6. The van der Waals surface area contributed by atoms with Crippen LogP contribution in [0.25, 0.3) is 10.9 Å². The predicted molar refractivity (Wildman–Crippen MR) is 117 cm³/mol. The van der Waals surface area contributed by atoms with Crippen LogP contribution in [0.1, 0.15) is 48.3 Å². The summed E-state index contributed by atoms with van der Waals surface area (Å²) in [4.78, 5) is 8.81. The van der Waals surface area contributed by atoms with E-state index in [0.29, 0.717) is 53.5 Å². The molecule has 0 aliphatic carbocycles. The molecule has 0 saturated carbocycles. The number of ether oxygens (including phenoxy) is 2. The van der Waals surface area contributed by atoms with Crippen molar-refractivity contribution in [2.24, 2.45) is 0 Å². The van der Waals surface area contributed by atoms with Gasteiger partial charge >= 0.3 is 0 Å². The molecule has 2 aromatic carbocycles. The minimum atomic E-state index is -3.00. The van der Waals surface area contributed by atoms with Gasteiger partial charge in [-0.15, -0.1) is 0 Å². The van der Waals surface area contributed by atoms with Crippen LogP contribution >= 0.6 is 0 Å². The van der Waals surface area contributed by atoms with Gasteiger partial charge < -0.3 is 20.5 Å². The van der Waals surface area contributed by atoms with E-state index in [1.807, 2.05) is 0 Å². The van der Waals surface area contributed by atoms with E-state index in [-0.39, 0.29) is 17.4 Å². The molecular weight excluding hydrogens is 435 g/mol. The van der Waals surface area contributed by atoms with E-state index in [1.165, 1.54) is 6.07 Å². The highest BCUT2D eigenvalue weighted by molar-refractivity contribution is 5.91. The Hall–Kier alpha value is -3.58. The van der Waals surface area contributed by atoms with Crippen LogP contribution < -0.4 is 15.8 Å². The topological polar surface area (TPSA) is 106 Å². The summed E-state index contributed by atoms with van der Waals surface area (Å²) >= 11 is 0. The van der Waals surface area contributed by atoms with Crippen LogP contribution in [0, 0.1) is 24.1 Å². The van der Waals surface area contributed by atoms with Crippen LogP contribution in [0.15, 0.2) is 24.3 Å². The SMILES string of the molecule is Cc1nc(N[C@H](C)c2cc(N)cc(C(F)F)c2F)c2cc(O[C@H]3CCOC3)c(C#N)cc2n1. The maximum Gasteiger partial charge on any atom is 0.266 e. The second-order valence-corrected chi connectivity index (χ2v) is 7.88. The van der Waals surface area contributed by atoms with E-state index < -0.39 is 23.8 Å². The molecule has 7 nitrogen and oxygen atoms in total. The van der Waals surface area contributed by atoms with Crippen LogP contribution in [0.2, 0.25) is 0 Å². The summed E-state index contributed by atoms with van der Waals surface area (Å²) in [5.74, 6) is 0.104. The molecule has 0 unspecified atom stereocenters. The zero-order valence-electron chi connectivity index (χ0n) is 18.0. The van der Waals surface area contributed by atoms with Crippen molar-refractivity contribution in [1.82, 2.24) is 9.97 Å². The molecule has 10 heteroatoms. The Morgan fingerprint density at radius 1 is 1.24 bits per heavy atom. The van der Waals surface area contributed by atoms with Gasteiger partial charge in [0.05, 0.1) is 35.9 Å². The van der Waals surface area contributed by atoms with E-state index in [2.05, 4.69) is 21.4 Å². The number of hydrogen-bond donors (Lipinski definition) is 2. The Labute approximate surface area is 188 Å². The molecule has 4 rings (SSSR count). The third-order valence-electron chi connectivity index (χ3n) is 5.42. The number of aryl methyl sites for hydroxylation is 1. The summed E-state index contributed by atoms with van der Waals surface area (Å²) in [6.45, 7) is 4.31. The second kappa shape index (κ2) is 9.11. The average molecular weight is 457 g/mol. The fourth-order valence-corrected chi connectivity index (χ4v) is 3.80. The van der Waals surface area contributed by atoms with Crippen LogP contribution in [-0.2, 0) is 4.74 Å². The highest BCUT2D eigenvalue weighted by Gasteiger charge is 2.23. The number of nitrogens with one attached hydrogen (secondary N) is 1. The molecule has 2 atom stereocenters. The van der Waals surface area contributed by atoms with Crippen molar-refractivity contribution in [1.29, 1.82) is 5.26 Å². The highest BCUT2D eigenvalue weighted by Crippen LogP contribution is 2.34. The number of fused-ring (bicyclic) bond motifs is 1. The lowest BCUT2D eigenvalue weighted by Crippen LogP contribution is -2.16. The third kappa shape index (κ3) is 4.64. The quantitative estimate of drug-likeness (QED) is 0.512. The Bertz CT molecular complexity index is 1240. The fourth-order valence-electron chi connectivity index (χ4n) is 3.80. The molecule has 1 aromatic heterocycles. The standard InChI is InChI=1S/C23H22F3N5O2/c1-11(16-6-14(28)7-18(21(16)24)22(25)26)29-23-17-8-20(33-15-3-4-32-10-15)13(9-27)5-19(17)30-12(2)31-23/h5-8,11,15,22H,3-4,10,28H2,1-2H3,(H,29,30,31)/t11-,15+/m1/s1.